The predicted octanol–water partition coefficient (Wildman–Crippen LogP) is 3.53. The van der Waals surface area contributed by atoms with Crippen LogP contribution in [0.3, 0.4) is 0 Å². The number of rotatable bonds is 6. The van der Waals surface area contributed by atoms with Crippen LogP contribution in [0.4, 0.5) is 0 Å². The molecule has 17 heavy (non-hydrogen) atoms. The summed E-state index contributed by atoms with van der Waals surface area (Å²) in [5, 5.41) is 10.9. The number of thiophene rings is 1. The molecule has 4 heteroatoms. The molecule has 0 radical (unpaired) electrons. The van der Waals surface area contributed by atoms with E-state index in [1.54, 1.807) is 17.6 Å². The van der Waals surface area contributed by atoms with Gasteiger partial charge in [0.2, 0.25) is 0 Å². The van der Waals surface area contributed by atoms with Gasteiger partial charge in [0.1, 0.15) is 5.76 Å². The monoisotopic (exact) mass is 250 g/mol. The molecule has 0 aliphatic rings. The van der Waals surface area contributed by atoms with Gasteiger partial charge in [0.15, 0.2) is 0 Å². The smallest absolute Gasteiger partial charge is 0.303 e. The Kier molecular flexibility index (Phi) is 3.98. The lowest BCUT2D eigenvalue weighted by atomic mass is 9.97. The molecule has 2 aromatic rings. The number of carbonyl (C=O) groups is 1. The summed E-state index contributed by atoms with van der Waals surface area (Å²) in [6.45, 7) is 0. The molecule has 0 saturated heterocycles. The zero-order valence-corrected chi connectivity index (χ0v) is 10.2. The quantitative estimate of drug-likeness (QED) is 0.853. The molecule has 0 aliphatic heterocycles. The van der Waals surface area contributed by atoms with Crippen LogP contribution in [-0.2, 0) is 11.2 Å². The minimum Gasteiger partial charge on any atom is -0.481 e. The summed E-state index contributed by atoms with van der Waals surface area (Å²) in [6.07, 6.45) is 3.41. The first kappa shape index (κ1) is 11.9. The molecule has 0 fully saturated rings. The predicted molar refractivity (Wildman–Crippen MR) is 66.3 cm³/mol. The van der Waals surface area contributed by atoms with Crippen LogP contribution in [-0.4, -0.2) is 11.1 Å². The fourth-order valence-corrected chi connectivity index (χ4v) is 2.72. The van der Waals surface area contributed by atoms with Crippen LogP contribution >= 0.6 is 11.3 Å². The summed E-state index contributed by atoms with van der Waals surface area (Å²) in [5.74, 6) is 0.248. The van der Waals surface area contributed by atoms with Crippen LogP contribution in [0.1, 0.15) is 29.4 Å². The highest BCUT2D eigenvalue weighted by Crippen LogP contribution is 2.29. The third kappa shape index (κ3) is 3.46. The van der Waals surface area contributed by atoms with Crippen molar-refractivity contribution in [1.29, 1.82) is 0 Å². The molecule has 0 bridgehead atoms. The van der Waals surface area contributed by atoms with Crippen LogP contribution in [0.25, 0.3) is 0 Å². The first-order chi connectivity index (χ1) is 8.25. The van der Waals surface area contributed by atoms with Crippen LogP contribution in [0.2, 0.25) is 0 Å². The average molecular weight is 250 g/mol. The van der Waals surface area contributed by atoms with Crippen molar-refractivity contribution >= 4 is 17.3 Å². The Morgan fingerprint density at radius 2 is 2.29 bits per heavy atom. The number of hydrogen-bond donors (Lipinski definition) is 1. The number of carboxylic acid groups (broad SMARTS) is 1. The van der Waals surface area contributed by atoms with E-state index in [0.717, 1.165) is 23.5 Å². The van der Waals surface area contributed by atoms with Crippen molar-refractivity contribution in [1.82, 2.24) is 0 Å². The van der Waals surface area contributed by atoms with Crippen molar-refractivity contribution in [2.24, 2.45) is 0 Å². The minimum atomic E-state index is -0.747. The van der Waals surface area contributed by atoms with E-state index in [2.05, 4.69) is 0 Å². The van der Waals surface area contributed by atoms with Gasteiger partial charge in [0.25, 0.3) is 0 Å². The molecule has 2 aromatic heterocycles. The average Bonchev–Trinajstić information content (AvgIpc) is 2.96. The number of furan rings is 1. The first-order valence-corrected chi connectivity index (χ1v) is 6.41. The highest BCUT2D eigenvalue weighted by Gasteiger charge is 2.17. The summed E-state index contributed by atoms with van der Waals surface area (Å²) >= 11 is 1.62. The number of aryl methyl sites for hydroxylation is 1. The van der Waals surface area contributed by atoms with Crippen LogP contribution < -0.4 is 0 Å². The summed E-state index contributed by atoms with van der Waals surface area (Å²) in [6, 6.07) is 7.74. The van der Waals surface area contributed by atoms with Gasteiger partial charge in [-0.25, -0.2) is 0 Å². The van der Waals surface area contributed by atoms with Gasteiger partial charge in [0.05, 0.1) is 12.7 Å². The van der Waals surface area contributed by atoms with E-state index < -0.39 is 5.97 Å². The second kappa shape index (κ2) is 5.68. The molecule has 0 amide bonds. The van der Waals surface area contributed by atoms with Crippen molar-refractivity contribution in [3.63, 3.8) is 0 Å². The van der Waals surface area contributed by atoms with Crippen LogP contribution in [0.15, 0.2) is 40.3 Å². The third-order valence-corrected chi connectivity index (χ3v) is 3.72. The van der Waals surface area contributed by atoms with E-state index in [9.17, 15) is 4.79 Å². The highest BCUT2D eigenvalue weighted by atomic mass is 32.1. The second-order valence-electron chi connectivity index (χ2n) is 3.93. The fourth-order valence-electron chi connectivity index (χ4n) is 1.85. The van der Waals surface area contributed by atoms with Crippen molar-refractivity contribution in [3.05, 3.63) is 46.5 Å². The van der Waals surface area contributed by atoms with Crippen LogP contribution in [0, 0.1) is 0 Å². The minimum absolute atomic E-state index is 0.0811. The van der Waals surface area contributed by atoms with Crippen LogP contribution in [0.5, 0.6) is 0 Å². The molecule has 0 aliphatic carbocycles. The maximum absolute atomic E-state index is 10.8. The molecule has 1 atom stereocenters. The number of hydrogen-bond acceptors (Lipinski definition) is 3. The molecule has 1 N–H and O–H groups in total. The van der Waals surface area contributed by atoms with Gasteiger partial charge in [0, 0.05) is 17.2 Å². The Hall–Kier alpha value is -1.55. The Morgan fingerprint density at radius 1 is 1.41 bits per heavy atom. The van der Waals surface area contributed by atoms with E-state index in [4.69, 9.17) is 9.52 Å². The lowest BCUT2D eigenvalue weighted by Gasteiger charge is -2.11. The molecule has 2 heterocycles. The number of aliphatic carboxylic acids is 1. The van der Waals surface area contributed by atoms with Gasteiger partial charge in [-0.2, -0.15) is 0 Å². The molecule has 0 spiro atoms. The molecule has 1 unspecified atom stereocenters. The molecule has 0 saturated carbocycles. The normalized spacial score (nSPS) is 12.5. The zero-order chi connectivity index (χ0) is 12.1. The maximum atomic E-state index is 10.8. The van der Waals surface area contributed by atoms with Gasteiger partial charge in [-0.05, 0) is 30.0 Å². The van der Waals surface area contributed by atoms with Gasteiger partial charge < -0.3 is 9.52 Å². The highest BCUT2D eigenvalue weighted by molar-refractivity contribution is 7.10. The van der Waals surface area contributed by atoms with E-state index in [1.807, 2.05) is 29.6 Å². The van der Waals surface area contributed by atoms with Gasteiger partial charge in [-0.3, -0.25) is 4.79 Å². The Labute approximate surface area is 104 Å². The molecule has 3 nitrogen and oxygen atoms in total. The summed E-state index contributed by atoms with van der Waals surface area (Å²) < 4.78 is 5.26. The van der Waals surface area contributed by atoms with Gasteiger partial charge in [-0.1, -0.05) is 6.07 Å². The molecule has 2 rings (SSSR count). The zero-order valence-electron chi connectivity index (χ0n) is 9.33. The second-order valence-corrected chi connectivity index (χ2v) is 4.91. The maximum Gasteiger partial charge on any atom is 0.303 e. The van der Waals surface area contributed by atoms with Crippen molar-refractivity contribution in [3.8, 4) is 0 Å². The third-order valence-electron chi connectivity index (χ3n) is 2.69. The van der Waals surface area contributed by atoms with Crippen molar-refractivity contribution in [2.75, 3.05) is 0 Å². The Morgan fingerprint density at radius 3 is 2.88 bits per heavy atom. The Bertz CT molecular complexity index is 445. The lowest BCUT2D eigenvalue weighted by molar-refractivity contribution is -0.137. The van der Waals surface area contributed by atoms with Crippen molar-refractivity contribution in [2.45, 2.75) is 25.2 Å². The van der Waals surface area contributed by atoms with E-state index in [1.165, 1.54) is 0 Å². The lowest BCUT2D eigenvalue weighted by Crippen LogP contribution is -2.06. The van der Waals surface area contributed by atoms with E-state index in [0.29, 0.717) is 0 Å². The summed E-state index contributed by atoms with van der Waals surface area (Å²) in [5.41, 5.74) is 0. The van der Waals surface area contributed by atoms with Gasteiger partial charge in [-0.15, -0.1) is 11.3 Å². The first-order valence-electron chi connectivity index (χ1n) is 5.53. The largest absolute Gasteiger partial charge is 0.481 e. The fraction of sp³-hybridized carbons (Fsp3) is 0.308. The van der Waals surface area contributed by atoms with Gasteiger partial charge >= 0.3 is 5.97 Å². The number of carboxylic acids is 1. The molecular weight excluding hydrogens is 236 g/mol. The standard InChI is InChI=1S/C13H14O3S/c14-13(15)9-10(12-4-2-8-17-12)5-6-11-3-1-7-16-11/h1-4,7-8,10H,5-6,9H2,(H,14,15). The summed E-state index contributed by atoms with van der Waals surface area (Å²) in [7, 11) is 0. The Balaban J connectivity index is 1.98. The van der Waals surface area contributed by atoms with Crippen molar-refractivity contribution < 1.29 is 14.3 Å². The molecule has 0 aromatic carbocycles. The van der Waals surface area contributed by atoms with E-state index in [-0.39, 0.29) is 12.3 Å². The SMILES string of the molecule is O=C(O)CC(CCc1ccco1)c1cccs1. The molecule has 90 valence electrons. The topological polar surface area (TPSA) is 50.4 Å². The summed E-state index contributed by atoms with van der Waals surface area (Å²) in [4.78, 5) is 12.0. The molecular formula is C13H14O3S. The van der Waals surface area contributed by atoms with E-state index >= 15 is 0 Å².